The van der Waals surface area contributed by atoms with Crippen LogP contribution in [0.25, 0.3) is 10.9 Å². The molecule has 1 aromatic heterocycles. The van der Waals surface area contributed by atoms with Gasteiger partial charge in [-0.05, 0) is 60.7 Å². The first kappa shape index (κ1) is 21.5. The van der Waals surface area contributed by atoms with Gasteiger partial charge in [0.2, 0.25) is 0 Å². The lowest BCUT2D eigenvalue weighted by atomic mass is 10.0. The summed E-state index contributed by atoms with van der Waals surface area (Å²) in [5, 5.41) is 9.59. The Labute approximate surface area is 171 Å². The van der Waals surface area contributed by atoms with Crippen LogP contribution in [0.1, 0.15) is 30.5 Å². The molecule has 3 rings (SSSR count). The number of alkyl halides is 3. The zero-order chi connectivity index (χ0) is 22.1. The molecule has 0 bridgehead atoms. The van der Waals surface area contributed by atoms with Crippen molar-refractivity contribution in [3.05, 3.63) is 53.2 Å². The number of carbonyl (C=O) groups is 1. The molecule has 0 aliphatic heterocycles. The number of aromatic amines is 1. The van der Waals surface area contributed by atoms with Crippen LogP contribution < -0.4 is 9.47 Å². The molecule has 0 aliphatic carbocycles. The first-order valence-electron chi connectivity index (χ1n) is 9.39. The molecule has 0 atom stereocenters. The van der Waals surface area contributed by atoms with Crippen LogP contribution in [0.4, 0.5) is 13.2 Å². The molecule has 1 heterocycles. The van der Waals surface area contributed by atoms with E-state index in [0.29, 0.717) is 5.92 Å². The number of ether oxygens (including phenoxy) is 2. The zero-order valence-corrected chi connectivity index (χ0v) is 16.8. The van der Waals surface area contributed by atoms with Crippen molar-refractivity contribution in [3.8, 4) is 17.2 Å². The Morgan fingerprint density at radius 2 is 1.90 bits per heavy atom. The monoisotopic (exact) mass is 421 g/mol. The first-order valence-corrected chi connectivity index (χ1v) is 9.39. The quantitative estimate of drug-likeness (QED) is 0.495. The lowest BCUT2D eigenvalue weighted by molar-refractivity contribution is -0.139. The van der Waals surface area contributed by atoms with Gasteiger partial charge >= 0.3 is 12.1 Å². The first-order chi connectivity index (χ1) is 14.0. The second-order valence-electron chi connectivity index (χ2n) is 7.52. The molecule has 2 aromatic carbocycles. The average molecular weight is 421 g/mol. The molecule has 5 nitrogen and oxygen atoms in total. The molecule has 0 unspecified atom stereocenters. The van der Waals surface area contributed by atoms with E-state index < -0.39 is 24.3 Å². The van der Waals surface area contributed by atoms with Gasteiger partial charge in [0.25, 0.3) is 0 Å². The fourth-order valence-electron chi connectivity index (χ4n) is 3.26. The van der Waals surface area contributed by atoms with Gasteiger partial charge in [-0.15, -0.1) is 0 Å². The normalized spacial score (nSPS) is 11.8. The molecule has 0 fully saturated rings. The van der Waals surface area contributed by atoms with Gasteiger partial charge in [-0.1, -0.05) is 13.8 Å². The highest BCUT2D eigenvalue weighted by Gasteiger charge is 2.36. The van der Waals surface area contributed by atoms with Crippen LogP contribution in [0.3, 0.4) is 0 Å². The fourth-order valence-corrected chi connectivity index (χ4v) is 3.26. The molecule has 0 radical (unpaired) electrons. The number of nitrogens with one attached hydrogen (secondary N) is 1. The summed E-state index contributed by atoms with van der Waals surface area (Å²) in [7, 11) is 0. The van der Waals surface area contributed by atoms with Crippen LogP contribution in [0, 0.1) is 12.8 Å². The van der Waals surface area contributed by atoms with Gasteiger partial charge in [0, 0.05) is 17.1 Å². The van der Waals surface area contributed by atoms with Crippen LogP contribution in [-0.4, -0.2) is 22.7 Å². The second kappa shape index (κ2) is 8.30. The molecule has 3 aromatic rings. The molecule has 30 heavy (non-hydrogen) atoms. The van der Waals surface area contributed by atoms with Gasteiger partial charge in [0.1, 0.15) is 22.8 Å². The summed E-state index contributed by atoms with van der Waals surface area (Å²) < 4.78 is 51.6. The summed E-state index contributed by atoms with van der Waals surface area (Å²) >= 11 is 0. The van der Waals surface area contributed by atoms with Gasteiger partial charge in [0.05, 0.1) is 0 Å². The number of benzene rings is 2. The van der Waals surface area contributed by atoms with Gasteiger partial charge in [-0.2, -0.15) is 13.2 Å². The molecule has 0 amide bonds. The lowest BCUT2D eigenvalue weighted by Gasteiger charge is -2.18. The minimum atomic E-state index is -4.70. The highest BCUT2D eigenvalue weighted by atomic mass is 19.4. The summed E-state index contributed by atoms with van der Waals surface area (Å²) in [5.74, 6) is -1.11. The highest BCUT2D eigenvalue weighted by Crippen LogP contribution is 2.43. The Hall–Kier alpha value is -3.16. The van der Waals surface area contributed by atoms with E-state index in [4.69, 9.17) is 14.6 Å². The summed E-state index contributed by atoms with van der Waals surface area (Å²) in [6.07, 6.45) is -1.98. The summed E-state index contributed by atoms with van der Waals surface area (Å²) in [6, 6.07) is 7.17. The van der Waals surface area contributed by atoms with Crippen LogP contribution in [-0.2, 0) is 17.4 Å². The molecular formula is C22H22F3NO4. The summed E-state index contributed by atoms with van der Waals surface area (Å²) in [4.78, 5) is 13.8. The van der Waals surface area contributed by atoms with E-state index in [1.807, 2.05) is 6.20 Å². The third-order valence-electron chi connectivity index (χ3n) is 4.50. The van der Waals surface area contributed by atoms with Crippen molar-refractivity contribution < 1.29 is 32.5 Å². The number of carboxylic acids is 1. The van der Waals surface area contributed by atoms with Gasteiger partial charge in [-0.3, -0.25) is 0 Å². The van der Waals surface area contributed by atoms with E-state index in [1.54, 1.807) is 18.2 Å². The van der Waals surface area contributed by atoms with Gasteiger partial charge in [0.15, 0.2) is 6.61 Å². The molecule has 2 N–H and O–H groups in total. The number of rotatable bonds is 7. The van der Waals surface area contributed by atoms with Crippen molar-refractivity contribution in [2.75, 3.05) is 6.61 Å². The highest BCUT2D eigenvalue weighted by molar-refractivity contribution is 5.84. The Kier molecular flexibility index (Phi) is 5.96. The molecule has 0 saturated heterocycles. The number of aliphatic carboxylic acids is 1. The van der Waals surface area contributed by atoms with E-state index >= 15 is 0 Å². The molecule has 0 aliphatic rings. The SMILES string of the molecule is Cc1cc(OCC(=O)O)cc(C(F)(F)F)c1Oc1ccc2[nH]cc(CC(C)C)c2c1. The predicted octanol–water partition coefficient (Wildman–Crippen LogP) is 5.95. The van der Waals surface area contributed by atoms with Gasteiger partial charge < -0.3 is 19.6 Å². The Morgan fingerprint density at radius 3 is 2.53 bits per heavy atom. The average Bonchev–Trinajstić information content (AvgIpc) is 3.02. The minimum absolute atomic E-state index is 0.182. The standard InChI is InChI=1S/C22H22F3NO4/c1-12(2)6-14-10-26-19-5-4-15(8-17(14)19)30-21-13(3)7-16(29-11-20(27)28)9-18(21)22(23,24)25/h4-5,7-10,12,26H,6,11H2,1-3H3,(H,27,28). The number of aromatic nitrogens is 1. The maximum Gasteiger partial charge on any atom is 0.420 e. The third-order valence-corrected chi connectivity index (χ3v) is 4.50. The Balaban J connectivity index is 2.00. The largest absolute Gasteiger partial charge is 0.482 e. The molecular weight excluding hydrogens is 399 g/mol. The zero-order valence-electron chi connectivity index (χ0n) is 16.8. The van der Waals surface area contributed by atoms with E-state index in [2.05, 4.69) is 18.8 Å². The van der Waals surface area contributed by atoms with Crippen molar-refractivity contribution in [1.29, 1.82) is 0 Å². The maximum atomic E-state index is 13.7. The number of fused-ring (bicyclic) bond motifs is 1. The predicted molar refractivity (Wildman–Crippen MR) is 106 cm³/mol. The van der Waals surface area contributed by atoms with E-state index in [0.717, 1.165) is 29.0 Å². The van der Waals surface area contributed by atoms with E-state index in [9.17, 15) is 18.0 Å². The van der Waals surface area contributed by atoms with Gasteiger partial charge in [-0.25, -0.2) is 4.79 Å². The lowest BCUT2D eigenvalue weighted by Crippen LogP contribution is -2.12. The number of halogens is 3. The fraction of sp³-hybridized carbons (Fsp3) is 0.318. The Morgan fingerprint density at radius 1 is 1.17 bits per heavy atom. The molecule has 8 heteroatoms. The van der Waals surface area contributed by atoms with Crippen LogP contribution in [0.5, 0.6) is 17.2 Å². The number of aryl methyl sites for hydroxylation is 1. The number of carboxylic acid groups (broad SMARTS) is 1. The number of hydrogen-bond donors (Lipinski definition) is 2. The Bertz CT molecular complexity index is 1070. The second-order valence-corrected chi connectivity index (χ2v) is 7.52. The smallest absolute Gasteiger partial charge is 0.420 e. The topological polar surface area (TPSA) is 71.6 Å². The number of H-pyrrole nitrogens is 1. The molecule has 0 spiro atoms. The number of hydrogen-bond acceptors (Lipinski definition) is 3. The van der Waals surface area contributed by atoms with Crippen LogP contribution >= 0.6 is 0 Å². The van der Waals surface area contributed by atoms with Crippen molar-refractivity contribution in [3.63, 3.8) is 0 Å². The van der Waals surface area contributed by atoms with E-state index in [-0.39, 0.29) is 22.8 Å². The molecule has 0 saturated carbocycles. The van der Waals surface area contributed by atoms with Crippen LogP contribution in [0.15, 0.2) is 36.5 Å². The maximum absolute atomic E-state index is 13.7. The minimum Gasteiger partial charge on any atom is -0.482 e. The van der Waals surface area contributed by atoms with Crippen molar-refractivity contribution in [2.24, 2.45) is 5.92 Å². The van der Waals surface area contributed by atoms with Crippen molar-refractivity contribution in [2.45, 2.75) is 33.4 Å². The summed E-state index contributed by atoms with van der Waals surface area (Å²) in [5.41, 5.74) is 1.10. The van der Waals surface area contributed by atoms with Crippen molar-refractivity contribution >= 4 is 16.9 Å². The molecule has 160 valence electrons. The van der Waals surface area contributed by atoms with Crippen molar-refractivity contribution in [1.82, 2.24) is 4.98 Å². The van der Waals surface area contributed by atoms with E-state index in [1.165, 1.54) is 13.0 Å². The summed E-state index contributed by atoms with van der Waals surface area (Å²) in [6.45, 7) is 4.90. The third kappa shape index (κ3) is 4.87. The van der Waals surface area contributed by atoms with Crippen LogP contribution in [0.2, 0.25) is 0 Å².